The summed E-state index contributed by atoms with van der Waals surface area (Å²) in [5, 5.41) is 3.12. The van der Waals surface area contributed by atoms with Gasteiger partial charge in [0.15, 0.2) is 0 Å². The summed E-state index contributed by atoms with van der Waals surface area (Å²) in [7, 11) is 0. The molecule has 0 radical (unpaired) electrons. The maximum absolute atomic E-state index is 13.7. The van der Waals surface area contributed by atoms with Gasteiger partial charge in [-0.2, -0.15) is 0 Å². The number of allylic oxidation sites excluding steroid dienone is 1. The molecule has 0 atom stereocenters. The largest absolute Gasteiger partial charge is 0.397 e. The number of nitrogen functional groups attached to an aromatic ring is 1. The van der Waals surface area contributed by atoms with E-state index in [1.807, 2.05) is 42.6 Å². The summed E-state index contributed by atoms with van der Waals surface area (Å²) >= 11 is 0. The number of amides is 1. The second-order valence-corrected chi connectivity index (χ2v) is 8.37. The highest BCUT2D eigenvalue weighted by molar-refractivity contribution is 6.26. The molecule has 0 spiro atoms. The number of benzene rings is 2. The highest BCUT2D eigenvalue weighted by Gasteiger charge is 2.22. The molecule has 0 saturated carbocycles. The van der Waals surface area contributed by atoms with Gasteiger partial charge in [-0.1, -0.05) is 70.0 Å². The van der Waals surface area contributed by atoms with E-state index in [0.717, 1.165) is 52.8 Å². The Morgan fingerprint density at radius 2 is 1.75 bits per heavy atom. The lowest BCUT2D eigenvalue weighted by Crippen LogP contribution is -2.17. The summed E-state index contributed by atoms with van der Waals surface area (Å²) < 4.78 is 0. The fraction of sp³-hybridized carbons (Fsp3) is 0.286. The van der Waals surface area contributed by atoms with Crippen LogP contribution in [0.25, 0.3) is 16.7 Å². The minimum Gasteiger partial charge on any atom is -0.397 e. The smallest absolute Gasteiger partial charge is 0.256 e. The minimum atomic E-state index is -0.0637. The lowest BCUT2D eigenvalue weighted by atomic mass is 9.85. The van der Waals surface area contributed by atoms with Crippen molar-refractivity contribution in [1.82, 2.24) is 4.98 Å². The molecule has 4 heteroatoms. The number of aromatic nitrogens is 1. The molecule has 0 fully saturated rings. The Bertz CT molecular complexity index is 1100. The second kappa shape index (κ2) is 10.8. The van der Waals surface area contributed by atoms with E-state index in [-0.39, 0.29) is 11.8 Å². The number of para-hydroxylation sites is 1. The van der Waals surface area contributed by atoms with E-state index in [2.05, 4.69) is 56.2 Å². The van der Waals surface area contributed by atoms with Crippen LogP contribution in [0, 0.1) is 0 Å². The number of carbonyl (C=O) groups is 1. The average molecular weight is 428 g/mol. The first-order valence-corrected chi connectivity index (χ1v) is 11.4. The number of hydrogen-bond acceptors (Lipinski definition) is 3. The van der Waals surface area contributed by atoms with Crippen molar-refractivity contribution in [2.45, 2.75) is 52.9 Å². The van der Waals surface area contributed by atoms with Crippen LogP contribution in [0.5, 0.6) is 0 Å². The summed E-state index contributed by atoms with van der Waals surface area (Å²) in [6.45, 7) is 8.61. The van der Waals surface area contributed by atoms with Crippen molar-refractivity contribution in [3.8, 4) is 11.1 Å². The third-order valence-corrected chi connectivity index (χ3v) is 5.63. The third kappa shape index (κ3) is 5.44. The van der Waals surface area contributed by atoms with Gasteiger partial charge < -0.3 is 11.1 Å². The average Bonchev–Trinajstić information content (AvgIpc) is 2.79. The van der Waals surface area contributed by atoms with Crippen LogP contribution in [0.2, 0.25) is 0 Å². The predicted octanol–water partition coefficient (Wildman–Crippen LogP) is 7.06. The number of hydrogen-bond donors (Lipinski definition) is 2. The first-order valence-electron chi connectivity index (χ1n) is 11.4. The normalized spacial score (nSPS) is 11.9. The van der Waals surface area contributed by atoms with Crippen LogP contribution in [0.3, 0.4) is 0 Å². The van der Waals surface area contributed by atoms with Crippen molar-refractivity contribution in [3.63, 3.8) is 0 Å². The van der Waals surface area contributed by atoms with E-state index in [1.165, 1.54) is 5.57 Å². The predicted molar refractivity (Wildman–Crippen MR) is 135 cm³/mol. The molecule has 3 rings (SSSR count). The van der Waals surface area contributed by atoms with Crippen molar-refractivity contribution in [2.75, 3.05) is 11.1 Å². The van der Waals surface area contributed by atoms with Crippen LogP contribution < -0.4 is 11.1 Å². The van der Waals surface area contributed by atoms with Crippen molar-refractivity contribution in [3.05, 3.63) is 83.7 Å². The lowest BCUT2D eigenvalue weighted by molar-refractivity contribution is -0.111. The number of pyridine rings is 1. The molecule has 0 aliphatic heterocycles. The Kier molecular flexibility index (Phi) is 7.82. The number of nitrogens with zero attached hydrogens (tertiary/aromatic N) is 1. The van der Waals surface area contributed by atoms with E-state index in [1.54, 1.807) is 6.20 Å². The SMILES string of the molecule is CCCC(CC)=C(C(=O)Nc1ccccc1)c1cc(-c2cncc(N)c2)ccc1C(C)C. The van der Waals surface area contributed by atoms with E-state index < -0.39 is 0 Å². The van der Waals surface area contributed by atoms with Crippen LogP contribution in [0.4, 0.5) is 11.4 Å². The van der Waals surface area contributed by atoms with Crippen molar-refractivity contribution < 1.29 is 4.79 Å². The Labute approximate surface area is 191 Å². The molecule has 3 aromatic rings. The summed E-state index contributed by atoms with van der Waals surface area (Å²) in [5.41, 5.74) is 13.4. The Morgan fingerprint density at radius 1 is 1.00 bits per heavy atom. The lowest BCUT2D eigenvalue weighted by Gasteiger charge is -2.21. The number of anilines is 2. The molecule has 4 nitrogen and oxygen atoms in total. The van der Waals surface area contributed by atoms with Gasteiger partial charge >= 0.3 is 0 Å². The second-order valence-electron chi connectivity index (χ2n) is 8.37. The van der Waals surface area contributed by atoms with Crippen LogP contribution in [0.15, 0.2) is 72.6 Å². The van der Waals surface area contributed by atoms with Gasteiger partial charge in [0.05, 0.1) is 5.69 Å². The Morgan fingerprint density at radius 3 is 2.38 bits per heavy atom. The van der Waals surface area contributed by atoms with Crippen LogP contribution in [0.1, 0.15) is 64.0 Å². The Balaban J connectivity index is 2.19. The quantitative estimate of drug-likeness (QED) is 0.378. The molecule has 1 amide bonds. The van der Waals surface area contributed by atoms with Crippen molar-refractivity contribution >= 4 is 22.9 Å². The van der Waals surface area contributed by atoms with E-state index in [9.17, 15) is 4.79 Å². The van der Waals surface area contributed by atoms with Gasteiger partial charge in [-0.15, -0.1) is 0 Å². The summed E-state index contributed by atoms with van der Waals surface area (Å²) in [6, 6.07) is 17.9. The zero-order valence-electron chi connectivity index (χ0n) is 19.5. The van der Waals surface area contributed by atoms with Gasteiger partial charge in [0.25, 0.3) is 5.91 Å². The molecule has 2 aromatic carbocycles. The summed E-state index contributed by atoms with van der Waals surface area (Å²) in [5.74, 6) is 0.212. The van der Waals surface area contributed by atoms with Gasteiger partial charge in [0.2, 0.25) is 0 Å². The van der Waals surface area contributed by atoms with Crippen molar-refractivity contribution in [1.29, 1.82) is 0 Å². The molecule has 0 bridgehead atoms. The van der Waals surface area contributed by atoms with Crippen molar-refractivity contribution in [2.24, 2.45) is 0 Å². The zero-order valence-corrected chi connectivity index (χ0v) is 19.5. The number of nitrogens with one attached hydrogen (secondary N) is 1. The topological polar surface area (TPSA) is 68.0 Å². The highest BCUT2D eigenvalue weighted by atomic mass is 16.1. The molecule has 3 N–H and O–H groups in total. The van der Waals surface area contributed by atoms with Crippen LogP contribution in [-0.2, 0) is 4.79 Å². The monoisotopic (exact) mass is 427 g/mol. The molecule has 166 valence electrons. The molecule has 0 aliphatic rings. The third-order valence-electron chi connectivity index (χ3n) is 5.63. The number of nitrogens with two attached hydrogens (primary N) is 1. The van der Waals surface area contributed by atoms with E-state index in [0.29, 0.717) is 5.69 Å². The zero-order chi connectivity index (χ0) is 23.1. The molecule has 1 heterocycles. The van der Waals surface area contributed by atoms with E-state index >= 15 is 0 Å². The molecule has 0 saturated heterocycles. The van der Waals surface area contributed by atoms with Gasteiger partial charge in [0.1, 0.15) is 0 Å². The molecular formula is C28H33N3O. The fourth-order valence-corrected chi connectivity index (χ4v) is 4.04. The molecule has 32 heavy (non-hydrogen) atoms. The number of carbonyl (C=O) groups excluding carboxylic acids is 1. The van der Waals surface area contributed by atoms with Gasteiger partial charge in [0, 0.05) is 29.2 Å². The van der Waals surface area contributed by atoms with Gasteiger partial charge in [-0.25, -0.2) is 0 Å². The molecule has 0 unspecified atom stereocenters. The van der Waals surface area contributed by atoms with Crippen LogP contribution in [-0.4, -0.2) is 10.9 Å². The summed E-state index contributed by atoms with van der Waals surface area (Å²) in [6.07, 6.45) is 6.15. The molecule has 1 aromatic heterocycles. The maximum atomic E-state index is 13.7. The maximum Gasteiger partial charge on any atom is 0.256 e. The van der Waals surface area contributed by atoms with Crippen LogP contribution >= 0.6 is 0 Å². The van der Waals surface area contributed by atoms with Gasteiger partial charge in [-0.05, 0) is 59.7 Å². The highest BCUT2D eigenvalue weighted by Crippen LogP contribution is 2.35. The Hall–Kier alpha value is -3.40. The first-order chi connectivity index (χ1) is 15.4. The minimum absolute atomic E-state index is 0.0637. The first kappa shape index (κ1) is 23.3. The summed E-state index contributed by atoms with van der Waals surface area (Å²) in [4.78, 5) is 17.9. The molecule has 0 aliphatic carbocycles. The number of rotatable bonds is 8. The molecular weight excluding hydrogens is 394 g/mol. The standard InChI is InChI=1S/C28H33N3O/c1-5-10-20(6-2)27(28(32)31-24-11-8-7-9-12-24)26-16-21(13-14-25(26)19(3)4)22-15-23(29)18-30-17-22/h7-9,11-19H,5-6,10,29H2,1-4H3,(H,31,32). The van der Waals surface area contributed by atoms with Gasteiger partial charge in [-0.3, -0.25) is 9.78 Å². The van der Waals surface area contributed by atoms with E-state index in [4.69, 9.17) is 5.73 Å². The fourth-order valence-electron chi connectivity index (χ4n) is 4.04.